The Morgan fingerprint density at radius 2 is 1.69 bits per heavy atom. The maximum absolute atomic E-state index is 12.6. The van der Waals surface area contributed by atoms with Crippen LogP contribution in [-0.2, 0) is 17.4 Å². The van der Waals surface area contributed by atoms with Gasteiger partial charge in [-0.1, -0.05) is 6.07 Å². The van der Waals surface area contributed by atoms with Gasteiger partial charge in [-0.25, -0.2) is 0 Å². The number of hydrogen-bond donors (Lipinski definition) is 2. The van der Waals surface area contributed by atoms with Crippen molar-refractivity contribution in [3.63, 3.8) is 0 Å². The summed E-state index contributed by atoms with van der Waals surface area (Å²) in [5.41, 5.74) is 0.640. The molecule has 2 aromatic rings. The summed E-state index contributed by atoms with van der Waals surface area (Å²) in [5.74, 6) is 1.05. The van der Waals surface area contributed by atoms with Crippen LogP contribution in [-0.4, -0.2) is 39.8 Å². The van der Waals surface area contributed by atoms with Gasteiger partial charge in [0.25, 0.3) is 5.91 Å². The number of anilines is 1. The number of amides is 1. The standard InChI is InChI=1S/C21H25F3N2O3/c1-14(20(27)25-17-8-6-16(7-9-17)21(22,23)24)26(2)12-11-15-5-10-18(28-3)19(13-15)29-4/h5-10,13-14H,11-12H2,1-4H3,(H,25,27)/p+1/t14-/m0/s1. The zero-order valence-electron chi connectivity index (χ0n) is 16.9. The van der Waals surface area contributed by atoms with Gasteiger partial charge in [0.15, 0.2) is 17.5 Å². The van der Waals surface area contributed by atoms with E-state index in [-0.39, 0.29) is 11.9 Å². The summed E-state index contributed by atoms with van der Waals surface area (Å²) < 4.78 is 48.4. The van der Waals surface area contributed by atoms with E-state index in [9.17, 15) is 18.0 Å². The molecule has 2 atom stereocenters. The van der Waals surface area contributed by atoms with Crippen LogP contribution >= 0.6 is 0 Å². The lowest BCUT2D eigenvalue weighted by atomic mass is 10.1. The molecule has 2 N–H and O–H groups in total. The van der Waals surface area contributed by atoms with E-state index in [0.29, 0.717) is 23.7 Å². The maximum atomic E-state index is 12.6. The first kappa shape index (κ1) is 22.5. The Bertz CT molecular complexity index is 823. The van der Waals surface area contributed by atoms with Crippen molar-refractivity contribution in [1.82, 2.24) is 0 Å². The van der Waals surface area contributed by atoms with Crippen LogP contribution < -0.4 is 19.7 Å². The number of halogens is 3. The Balaban J connectivity index is 1.92. The molecule has 2 aromatic carbocycles. The molecule has 0 radical (unpaired) electrons. The van der Waals surface area contributed by atoms with Crippen molar-refractivity contribution < 1.29 is 32.3 Å². The molecule has 1 unspecified atom stereocenters. The molecule has 8 heteroatoms. The Morgan fingerprint density at radius 1 is 1.07 bits per heavy atom. The van der Waals surface area contributed by atoms with Gasteiger partial charge in [0.05, 0.1) is 33.4 Å². The summed E-state index contributed by atoms with van der Waals surface area (Å²) in [7, 11) is 5.05. The fourth-order valence-corrected chi connectivity index (χ4v) is 2.81. The largest absolute Gasteiger partial charge is 0.493 e. The highest BCUT2D eigenvalue weighted by Crippen LogP contribution is 2.30. The van der Waals surface area contributed by atoms with Gasteiger partial charge < -0.3 is 19.7 Å². The number of ether oxygens (including phenoxy) is 2. The van der Waals surface area contributed by atoms with Crippen molar-refractivity contribution in [3.8, 4) is 11.5 Å². The van der Waals surface area contributed by atoms with E-state index >= 15 is 0 Å². The molecule has 0 aliphatic rings. The molecule has 29 heavy (non-hydrogen) atoms. The van der Waals surface area contributed by atoms with Gasteiger partial charge >= 0.3 is 6.18 Å². The minimum atomic E-state index is -4.40. The van der Waals surface area contributed by atoms with E-state index in [4.69, 9.17) is 9.47 Å². The first-order chi connectivity index (χ1) is 13.7. The van der Waals surface area contributed by atoms with Crippen molar-refractivity contribution in [2.75, 3.05) is 33.1 Å². The van der Waals surface area contributed by atoms with Crippen LogP contribution in [0.2, 0.25) is 0 Å². The molecule has 0 heterocycles. The molecular weight excluding hydrogens is 385 g/mol. The van der Waals surface area contributed by atoms with Crippen LogP contribution in [0.5, 0.6) is 11.5 Å². The molecule has 0 spiro atoms. The van der Waals surface area contributed by atoms with Gasteiger partial charge in [-0.2, -0.15) is 13.2 Å². The average molecular weight is 411 g/mol. The number of likely N-dealkylation sites (N-methyl/N-ethyl adjacent to an activating group) is 1. The predicted molar refractivity (Wildman–Crippen MR) is 105 cm³/mol. The number of methoxy groups -OCH3 is 2. The summed E-state index contributed by atoms with van der Waals surface area (Å²) in [6.45, 7) is 2.47. The van der Waals surface area contributed by atoms with E-state index in [0.717, 1.165) is 29.0 Å². The highest BCUT2D eigenvalue weighted by molar-refractivity contribution is 5.93. The fraction of sp³-hybridized carbons (Fsp3) is 0.381. The molecule has 1 amide bonds. The van der Waals surface area contributed by atoms with Crippen molar-refractivity contribution in [2.24, 2.45) is 0 Å². The second-order valence-corrected chi connectivity index (χ2v) is 6.82. The van der Waals surface area contributed by atoms with E-state index in [2.05, 4.69) is 5.32 Å². The van der Waals surface area contributed by atoms with Gasteiger partial charge in [0.1, 0.15) is 0 Å². The second-order valence-electron chi connectivity index (χ2n) is 6.82. The van der Waals surface area contributed by atoms with Crippen molar-refractivity contribution in [2.45, 2.75) is 25.6 Å². The number of benzene rings is 2. The predicted octanol–water partition coefficient (Wildman–Crippen LogP) is 2.81. The number of carbonyl (C=O) groups excluding carboxylic acids is 1. The summed E-state index contributed by atoms with van der Waals surface area (Å²) in [4.78, 5) is 13.4. The summed E-state index contributed by atoms with van der Waals surface area (Å²) in [5, 5.41) is 2.67. The third kappa shape index (κ3) is 6.12. The second kappa shape index (κ2) is 9.65. The number of quaternary nitrogens is 1. The molecule has 2 rings (SSSR count). The van der Waals surface area contributed by atoms with Crippen molar-refractivity contribution in [1.29, 1.82) is 0 Å². The molecule has 158 valence electrons. The van der Waals surface area contributed by atoms with Crippen LogP contribution in [0.3, 0.4) is 0 Å². The van der Waals surface area contributed by atoms with Crippen LogP contribution in [0.4, 0.5) is 18.9 Å². The number of hydrogen-bond acceptors (Lipinski definition) is 3. The first-order valence-corrected chi connectivity index (χ1v) is 9.17. The lowest BCUT2D eigenvalue weighted by Gasteiger charge is -2.21. The Labute approximate surface area is 168 Å². The minimum absolute atomic E-state index is 0.255. The molecule has 0 aliphatic carbocycles. The Kier molecular flexibility index (Phi) is 7.50. The van der Waals surface area contributed by atoms with E-state index in [1.807, 2.05) is 25.2 Å². The van der Waals surface area contributed by atoms with E-state index in [1.54, 1.807) is 21.1 Å². The molecule has 0 aliphatic heterocycles. The Morgan fingerprint density at radius 3 is 2.24 bits per heavy atom. The molecule has 0 saturated carbocycles. The van der Waals surface area contributed by atoms with Gasteiger partial charge in [-0.15, -0.1) is 0 Å². The van der Waals surface area contributed by atoms with Crippen LogP contribution in [0.1, 0.15) is 18.1 Å². The molecule has 0 saturated heterocycles. The summed E-state index contributed by atoms with van der Waals surface area (Å²) in [6, 6.07) is 9.73. The van der Waals surface area contributed by atoms with Gasteiger partial charge in [0.2, 0.25) is 0 Å². The minimum Gasteiger partial charge on any atom is -0.493 e. The number of carbonyl (C=O) groups is 1. The zero-order valence-corrected chi connectivity index (χ0v) is 16.9. The molecule has 0 aromatic heterocycles. The van der Waals surface area contributed by atoms with Gasteiger partial charge in [0, 0.05) is 12.1 Å². The molecule has 0 fully saturated rings. The fourth-order valence-electron chi connectivity index (χ4n) is 2.81. The molecule has 5 nitrogen and oxygen atoms in total. The number of alkyl halides is 3. The molecular formula is C21H26F3N2O3+. The normalized spacial score (nSPS) is 13.5. The summed E-state index contributed by atoms with van der Waals surface area (Å²) in [6.07, 6.45) is -3.67. The smallest absolute Gasteiger partial charge is 0.416 e. The van der Waals surface area contributed by atoms with Crippen molar-refractivity contribution in [3.05, 3.63) is 53.6 Å². The van der Waals surface area contributed by atoms with Gasteiger partial charge in [-0.05, 0) is 48.9 Å². The molecule has 0 bridgehead atoms. The quantitative estimate of drug-likeness (QED) is 0.703. The average Bonchev–Trinajstić information content (AvgIpc) is 2.70. The van der Waals surface area contributed by atoms with E-state index < -0.39 is 11.7 Å². The number of nitrogens with one attached hydrogen (secondary N) is 2. The topological polar surface area (TPSA) is 52.0 Å². The van der Waals surface area contributed by atoms with Crippen LogP contribution in [0.25, 0.3) is 0 Å². The lowest BCUT2D eigenvalue weighted by molar-refractivity contribution is -0.893. The zero-order chi connectivity index (χ0) is 21.6. The third-order valence-corrected chi connectivity index (χ3v) is 4.87. The van der Waals surface area contributed by atoms with Crippen LogP contribution in [0, 0.1) is 0 Å². The van der Waals surface area contributed by atoms with E-state index in [1.165, 1.54) is 12.1 Å². The maximum Gasteiger partial charge on any atom is 0.416 e. The monoisotopic (exact) mass is 411 g/mol. The Hall–Kier alpha value is -2.74. The SMILES string of the molecule is COc1ccc(CC[NH+](C)[C@@H](C)C(=O)Nc2ccc(C(F)(F)F)cc2)cc1OC. The van der Waals surface area contributed by atoms with Gasteiger partial charge in [-0.3, -0.25) is 4.79 Å². The number of rotatable bonds is 8. The lowest BCUT2D eigenvalue weighted by Crippen LogP contribution is -3.14. The van der Waals surface area contributed by atoms with Crippen molar-refractivity contribution >= 4 is 11.6 Å². The third-order valence-electron chi connectivity index (χ3n) is 4.87. The summed E-state index contributed by atoms with van der Waals surface area (Å²) >= 11 is 0. The van der Waals surface area contributed by atoms with Crippen LogP contribution in [0.15, 0.2) is 42.5 Å². The highest BCUT2D eigenvalue weighted by atomic mass is 19.4. The highest BCUT2D eigenvalue weighted by Gasteiger charge is 2.30. The first-order valence-electron chi connectivity index (χ1n) is 9.17.